The van der Waals surface area contributed by atoms with Crippen LogP contribution in [0.15, 0.2) is 21.4 Å². The van der Waals surface area contributed by atoms with Crippen LogP contribution in [0.1, 0.15) is 58.3 Å². The summed E-state index contributed by atoms with van der Waals surface area (Å²) in [5, 5.41) is -0.397. The summed E-state index contributed by atoms with van der Waals surface area (Å²) in [4.78, 5) is 24.9. The van der Waals surface area contributed by atoms with E-state index < -0.39 is 5.78 Å². The normalized spacial score (nSPS) is 34.5. The van der Waals surface area contributed by atoms with Gasteiger partial charge in [0.1, 0.15) is 10.1 Å². The van der Waals surface area contributed by atoms with E-state index in [1.165, 1.54) is 45.6 Å². The Balaban J connectivity index is 1.92. The number of fused-ring (bicyclic) bond motifs is 1. The first kappa shape index (κ1) is 18.0. The number of halogens is 2. The van der Waals surface area contributed by atoms with E-state index in [2.05, 4.69) is 6.92 Å². The average molecular weight is 371 g/mol. The van der Waals surface area contributed by atoms with E-state index in [0.717, 1.165) is 12.3 Å². The largest absolute Gasteiger partial charge is 0.492 e. The molecule has 132 valence electrons. The highest BCUT2D eigenvalue weighted by atomic mass is 35.5. The Morgan fingerprint density at radius 2 is 1.71 bits per heavy atom. The van der Waals surface area contributed by atoms with Gasteiger partial charge < -0.3 is 4.74 Å². The molecule has 24 heavy (non-hydrogen) atoms. The maximum Gasteiger partial charge on any atom is 0.240 e. The summed E-state index contributed by atoms with van der Waals surface area (Å²) < 4.78 is 5.25. The SMILES string of the molecule is COC1=C(C[C@H]2CCC[C@H]3CCCC[C@]32C)C(=O)C(Cl)=C(Cl)C1=O. The second kappa shape index (κ2) is 6.84. The quantitative estimate of drug-likeness (QED) is 0.647. The highest BCUT2D eigenvalue weighted by Gasteiger charge is 2.46. The molecule has 0 spiro atoms. The number of hydrogen-bond donors (Lipinski definition) is 0. The van der Waals surface area contributed by atoms with Gasteiger partial charge >= 0.3 is 0 Å². The molecule has 2 fully saturated rings. The van der Waals surface area contributed by atoms with E-state index in [4.69, 9.17) is 27.9 Å². The van der Waals surface area contributed by atoms with Gasteiger partial charge in [-0.05, 0) is 49.4 Å². The van der Waals surface area contributed by atoms with Crippen LogP contribution >= 0.6 is 23.2 Å². The maximum absolute atomic E-state index is 12.6. The molecule has 0 aromatic heterocycles. The smallest absolute Gasteiger partial charge is 0.240 e. The van der Waals surface area contributed by atoms with Crippen molar-refractivity contribution in [3.63, 3.8) is 0 Å². The van der Waals surface area contributed by atoms with Gasteiger partial charge in [0.15, 0.2) is 5.76 Å². The van der Waals surface area contributed by atoms with Gasteiger partial charge in [-0.25, -0.2) is 0 Å². The fourth-order valence-electron chi connectivity index (χ4n) is 5.04. The molecule has 0 saturated heterocycles. The first-order chi connectivity index (χ1) is 11.4. The minimum Gasteiger partial charge on any atom is -0.492 e. The molecular weight excluding hydrogens is 347 g/mol. The van der Waals surface area contributed by atoms with Crippen LogP contribution in [-0.2, 0) is 14.3 Å². The molecule has 0 unspecified atom stereocenters. The summed E-state index contributed by atoms with van der Waals surface area (Å²) in [5.41, 5.74) is 0.651. The average Bonchev–Trinajstić information content (AvgIpc) is 2.58. The molecule has 2 saturated carbocycles. The van der Waals surface area contributed by atoms with Crippen molar-refractivity contribution in [3.8, 4) is 0 Å². The first-order valence-corrected chi connectivity index (χ1v) is 9.57. The van der Waals surface area contributed by atoms with Crippen molar-refractivity contribution in [1.29, 1.82) is 0 Å². The third-order valence-corrected chi connectivity index (χ3v) is 7.31. The molecule has 0 radical (unpaired) electrons. The van der Waals surface area contributed by atoms with Gasteiger partial charge in [0.05, 0.1) is 7.11 Å². The van der Waals surface area contributed by atoms with Gasteiger partial charge in [-0.1, -0.05) is 49.4 Å². The van der Waals surface area contributed by atoms with Gasteiger partial charge in [-0.15, -0.1) is 0 Å². The van der Waals surface area contributed by atoms with E-state index in [1.54, 1.807) is 0 Å². The molecule has 3 aliphatic carbocycles. The lowest BCUT2D eigenvalue weighted by molar-refractivity contribution is -0.118. The third-order valence-electron chi connectivity index (χ3n) is 6.49. The van der Waals surface area contributed by atoms with Crippen LogP contribution in [0.5, 0.6) is 0 Å². The van der Waals surface area contributed by atoms with Crippen LogP contribution < -0.4 is 0 Å². The monoisotopic (exact) mass is 370 g/mol. The summed E-state index contributed by atoms with van der Waals surface area (Å²) in [7, 11) is 1.41. The van der Waals surface area contributed by atoms with Gasteiger partial charge in [0.25, 0.3) is 0 Å². The molecule has 3 rings (SSSR count). The van der Waals surface area contributed by atoms with Crippen LogP contribution in [0.25, 0.3) is 0 Å². The van der Waals surface area contributed by atoms with Gasteiger partial charge in [0.2, 0.25) is 11.6 Å². The maximum atomic E-state index is 12.6. The minimum atomic E-state index is -0.472. The minimum absolute atomic E-state index is 0.0796. The lowest BCUT2D eigenvalue weighted by Gasteiger charge is -2.51. The van der Waals surface area contributed by atoms with Gasteiger partial charge in [-0.3, -0.25) is 9.59 Å². The summed E-state index contributed by atoms with van der Waals surface area (Å²) >= 11 is 11.9. The predicted octanol–water partition coefficient (Wildman–Crippen LogP) is 5.11. The Hall–Kier alpha value is -0.800. The first-order valence-electron chi connectivity index (χ1n) is 8.82. The Morgan fingerprint density at radius 3 is 2.42 bits per heavy atom. The number of methoxy groups -OCH3 is 1. The number of carbonyl (C=O) groups excluding carboxylic acids is 2. The van der Waals surface area contributed by atoms with Crippen molar-refractivity contribution in [3.05, 3.63) is 21.4 Å². The molecule has 5 heteroatoms. The van der Waals surface area contributed by atoms with Crippen molar-refractivity contribution in [2.45, 2.75) is 58.3 Å². The molecule has 3 atom stereocenters. The molecule has 0 aliphatic heterocycles. The van der Waals surface area contributed by atoms with E-state index in [0.29, 0.717) is 17.9 Å². The van der Waals surface area contributed by atoms with Crippen molar-refractivity contribution in [2.24, 2.45) is 17.3 Å². The second-order valence-electron chi connectivity index (χ2n) is 7.58. The summed E-state index contributed by atoms with van der Waals surface area (Å²) in [6.07, 6.45) is 9.15. The lowest BCUT2D eigenvalue weighted by atomic mass is 9.54. The summed E-state index contributed by atoms with van der Waals surface area (Å²) in [6, 6.07) is 0. The van der Waals surface area contributed by atoms with Gasteiger partial charge in [0, 0.05) is 5.57 Å². The van der Waals surface area contributed by atoms with Crippen molar-refractivity contribution >= 4 is 34.8 Å². The zero-order chi connectivity index (χ0) is 17.5. The van der Waals surface area contributed by atoms with Crippen molar-refractivity contribution in [1.82, 2.24) is 0 Å². The van der Waals surface area contributed by atoms with Crippen LogP contribution in [0.3, 0.4) is 0 Å². The zero-order valence-electron chi connectivity index (χ0n) is 14.3. The number of Topliss-reactive ketones (excluding diaryl/α,β-unsaturated/α-hetero) is 2. The van der Waals surface area contributed by atoms with E-state index in [-0.39, 0.29) is 27.0 Å². The molecule has 0 bridgehead atoms. The number of hydrogen-bond acceptors (Lipinski definition) is 3. The summed E-state index contributed by atoms with van der Waals surface area (Å²) in [5.74, 6) is 0.367. The number of carbonyl (C=O) groups is 2. The fourth-order valence-corrected chi connectivity index (χ4v) is 5.41. The number of ether oxygens (including phenoxy) is 1. The van der Waals surface area contributed by atoms with E-state index >= 15 is 0 Å². The second-order valence-corrected chi connectivity index (χ2v) is 8.33. The third kappa shape index (κ3) is 2.84. The molecule has 0 amide bonds. The Bertz CT molecular complexity index is 633. The topological polar surface area (TPSA) is 43.4 Å². The Labute approximate surface area is 153 Å². The number of allylic oxidation sites excluding steroid dienone is 3. The number of ketones is 2. The van der Waals surface area contributed by atoms with E-state index in [1.807, 2.05) is 0 Å². The number of rotatable bonds is 3. The standard InChI is InChI=1S/C19H24Cl2O3/c1-19-9-4-3-6-11(19)7-5-8-12(19)10-13-16(22)14(20)15(21)17(23)18(13)24-2/h11-12H,3-10H2,1-2H3/t11-,12-,19-/m1/s1. The predicted molar refractivity (Wildman–Crippen MR) is 94.8 cm³/mol. The van der Waals surface area contributed by atoms with E-state index in [9.17, 15) is 9.59 Å². The highest BCUT2D eigenvalue weighted by molar-refractivity contribution is 6.58. The molecule has 3 nitrogen and oxygen atoms in total. The molecule has 0 heterocycles. The molecule has 0 N–H and O–H groups in total. The molecular formula is C19H24Cl2O3. The Kier molecular flexibility index (Phi) is 5.13. The van der Waals surface area contributed by atoms with Crippen molar-refractivity contribution in [2.75, 3.05) is 7.11 Å². The zero-order valence-corrected chi connectivity index (χ0v) is 15.8. The molecule has 0 aromatic carbocycles. The van der Waals surface area contributed by atoms with Gasteiger partial charge in [-0.2, -0.15) is 0 Å². The van der Waals surface area contributed by atoms with Crippen LogP contribution in [0.2, 0.25) is 0 Å². The lowest BCUT2D eigenvalue weighted by Crippen LogP contribution is -2.42. The van der Waals surface area contributed by atoms with Crippen LogP contribution in [0.4, 0.5) is 0 Å². The summed E-state index contributed by atoms with van der Waals surface area (Å²) in [6.45, 7) is 2.37. The van der Waals surface area contributed by atoms with Crippen LogP contribution in [0, 0.1) is 17.3 Å². The van der Waals surface area contributed by atoms with Crippen LogP contribution in [-0.4, -0.2) is 18.7 Å². The molecule has 3 aliphatic rings. The fraction of sp³-hybridized carbons (Fsp3) is 0.684. The highest BCUT2D eigenvalue weighted by Crippen LogP contribution is 2.55. The molecule has 0 aromatic rings. The Morgan fingerprint density at radius 1 is 1.04 bits per heavy atom. The van der Waals surface area contributed by atoms with Crippen molar-refractivity contribution < 1.29 is 14.3 Å².